The Morgan fingerprint density at radius 3 is 3.05 bits per heavy atom. The normalized spacial score (nSPS) is 19.6. The summed E-state index contributed by atoms with van der Waals surface area (Å²) in [4.78, 5) is 18.4. The molecule has 0 unspecified atom stereocenters. The molecule has 2 aromatic rings. The molecule has 0 aromatic carbocycles. The first-order valence-corrected chi connectivity index (χ1v) is 6.40. The van der Waals surface area contributed by atoms with E-state index in [0.717, 1.165) is 19.3 Å². The van der Waals surface area contributed by atoms with Gasteiger partial charge in [0.05, 0.1) is 6.26 Å². The Balaban J connectivity index is 1.87. The Morgan fingerprint density at radius 1 is 1.47 bits per heavy atom. The number of likely N-dealkylation sites (tertiary alicyclic amines) is 1. The summed E-state index contributed by atoms with van der Waals surface area (Å²) in [5.41, 5.74) is 0. The van der Waals surface area contributed by atoms with Crippen LogP contribution in [0.1, 0.15) is 47.6 Å². The van der Waals surface area contributed by atoms with Crippen molar-refractivity contribution in [2.24, 2.45) is 0 Å². The predicted molar refractivity (Wildman–Crippen MR) is 65.4 cm³/mol. The van der Waals surface area contributed by atoms with E-state index in [0.29, 0.717) is 24.0 Å². The van der Waals surface area contributed by atoms with Gasteiger partial charge in [0.1, 0.15) is 6.04 Å². The highest BCUT2D eigenvalue weighted by molar-refractivity contribution is 5.91. The van der Waals surface area contributed by atoms with Crippen molar-refractivity contribution in [3.05, 3.63) is 35.9 Å². The lowest BCUT2D eigenvalue weighted by molar-refractivity contribution is 0.0529. The van der Waals surface area contributed by atoms with Gasteiger partial charge >= 0.3 is 0 Å². The first kappa shape index (κ1) is 12.0. The van der Waals surface area contributed by atoms with Gasteiger partial charge in [-0.15, -0.1) is 0 Å². The van der Waals surface area contributed by atoms with Gasteiger partial charge in [-0.2, -0.15) is 4.98 Å². The third-order valence-electron chi connectivity index (χ3n) is 3.32. The minimum Gasteiger partial charge on any atom is -0.459 e. The standard InChI is InChI=1S/C13H15N3O3/c1-9-14-12(19-15-9)10-5-2-3-7-16(10)13(17)11-6-4-8-18-11/h4,6,8,10H,2-3,5,7H2,1H3/t10-/m0/s1. The number of furan rings is 1. The number of piperidine rings is 1. The van der Waals surface area contributed by atoms with Crippen LogP contribution in [0.15, 0.2) is 27.3 Å². The SMILES string of the molecule is Cc1noc([C@@H]2CCCCN2C(=O)c2ccco2)n1. The molecule has 0 spiro atoms. The number of hydrogen-bond acceptors (Lipinski definition) is 5. The fraction of sp³-hybridized carbons (Fsp3) is 0.462. The van der Waals surface area contributed by atoms with Crippen molar-refractivity contribution in [3.63, 3.8) is 0 Å². The second kappa shape index (κ2) is 4.87. The lowest BCUT2D eigenvalue weighted by Crippen LogP contribution is -2.38. The lowest BCUT2D eigenvalue weighted by atomic mass is 10.0. The summed E-state index contributed by atoms with van der Waals surface area (Å²) in [6.07, 6.45) is 4.38. The monoisotopic (exact) mass is 261 g/mol. The molecule has 0 N–H and O–H groups in total. The zero-order valence-corrected chi connectivity index (χ0v) is 10.7. The molecule has 1 amide bonds. The first-order chi connectivity index (χ1) is 9.25. The molecule has 100 valence electrons. The van der Waals surface area contributed by atoms with E-state index in [2.05, 4.69) is 10.1 Å². The van der Waals surface area contributed by atoms with Gasteiger partial charge in [0, 0.05) is 6.54 Å². The molecule has 1 aliphatic rings. The zero-order valence-electron chi connectivity index (χ0n) is 10.7. The van der Waals surface area contributed by atoms with Gasteiger partial charge in [0.2, 0.25) is 5.89 Å². The fourth-order valence-electron chi connectivity index (χ4n) is 2.42. The fourth-order valence-corrected chi connectivity index (χ4v) is 2.42. The zero-order chi connectivity index (χ0) is 13.2. The average molecular weight is 261 g/mol. The van der Waals surface area contributed by atoms with Gasteiger partial charge in [0.15, 0.2) is 11.6 Å². The van der Waals surface area contributed by atoms with Crippen LogP contribution in [-0.2, 0) is 0 Å². The van der Waals surface area contributed by atoms with Gasteiger partial charge < -0.3 is 13.8 Å². The summed E-state index contributed by atoms with van der Waals surface area (Å²) in [5.74, 6) is 1.33. The van der Waals surface area contributed by atoms with Crippen LogP contribution >= 0.6 is 0 Å². The van der Waals surface area contributed by atoms with Crippen LogP contribution in [0.5, 0.6) is 0 Å². The van der Waals surface area contributed by atoms with Crippen LogP contribution in [0.3, 0.4) is 0 Å². The van der Waals surface area contributed by atoms with Crippen molar-refractivity contribution in [3.8, 4) is 0 Å². The van der Waals surface area contributed by atoms with Gasteiger partial charge in [-0.3, -0.25) is 4.79 Å². The molecule has 0 saturated carbocycles. The Morgan fingerprint density at radius 2 is 2.37 bits per heavy atom. The van der Waals surface area contributed by atoms with E-state index in [1.165, 1.54) is 6.26 Å². The third-order valence-corrected chi connectivity index (χ3v) is 3.32. The second-order valence-electron chi connectivity index (χ2n) is 4.67. The maximum atomic E-state index is 12.4. The molecular weight excluding hydrogens is 246 g/mol. The van der Waals surface area contributed by atoms with Crippen LogP contribution in [0.2, 0.25) is 0 Å². The van der Waals surface area contributed by atoms with E-state index in [9.17, 15) is 4.79 Å². The highest BCUT2D eigenvalue weighted by atomic mass is 16.5. The number of aryl methyl sites for hydroxylation is 1. The molecule has 0 bridgehead atoms. The maximum Gasteiger partial charge on any atom is 0.290 e. The van der Waals surface area contributed by atoms with Crippen LogP contribution in [-0.4, -0.2) is 27.5 Å². The summed E-state index contributed by atoms with van der Waals surface area (Å²) in [6, 6.07) is 3.24. The lowest BCUT2D eigenvalue weighted by Gasteiger charge is -2.32. The molecule has 0 aliphatic carbocycles. The number of carbonyl (C=O) groups is 1. The van der Waals surface area contributed by atoms with E-state index in [4.69, 9.17) is 8.94 Å². The van der Waals surface area contributed by atoms with E-state index < -0.39 is 0 Å². The molecule has 1 fully saturated rings. The van der Waals surface area contributed by atoms with Crippen LogP contribution in [0.25, 0.3) is 0 Å². The van der Waals surface area contributed by atoms with E-state index in [1.54, 1.807) is 24.0 Å². The van der Waals surface area contributed by atoms with Gasteiger partial charge in [-0.1, -0.05) is 5.16 Å². The molecule has 1 aliphatic heterocycles. The molecule has 2 aromatic heterocycles. The summed E-state index contributed by atoms with van der Waals surface area (Å²) >= 11 is 0. The molecule has 0 radical (unpaired) electrons. The molecular formula is C13H15N3O3. The van der Waals surface area contributed by atoms with Crippen molar-refractivity contribution in [1.82, 2.24) is 15.0 Å². The predicted octanol–water partition coefficient (Wildman–Crippen LogP) is 2.34. The largest absolute Gasteiger partial charge is 0.459 e. The second-order valence-corrected chi connectivity index (χ2v) is 4.67. The first-order valence-electron chi connectivity index (χ1n) is 6.40. The Kier molecular flexibility index (Phi) is 3.06. The molecule has 19 heavy (non-hydrogen) atoms. The van der Waals surface area contributed by atoms with Crippen LogP contribution in [0, 0.1) is 6.92 Å². The molecule has 6 heteroatoms. The molecule has 3 heterocycles. The van der Waals surface area contributed by atoms with Crippen molar-refractivity contribution in [2.45, 2.75) is 32.2 Å². The molecule has 6 nitrogen and oxygen atoms in total. The molecule has 3 rings (SSSR count). The maximum absolute atomic E-state index is 12.4. The Labute approximate surface area is 110 Å². The van der Waals surface area contributed by atoms with Gasteiger partial charge in [0.25, 0.3) is 5.91 Å². The smallest absolute Gasteiger partial charge is 0.290 e. The number of hydrogen-bond donors (Lipinski definition) is 0. The number of carbonyl (C=O) groups excluding carboxylic acids is 1. The summed E-state index contributed by atoms with van der Waals surface area (Å²) < 4.78 is 10.4. The Bertz CT molecular complexity index is 561. The third kappa shape index (κ3) is 2.25. The summed E-state index contributed by atoms with van der Waals surface area (Å²) in [5, 5.41) is 3.80. The quantitative estimate of drug-likeness (QED) is 0.829. The van der Waals surface area contributed by atoms with E-state index >= 15 is 0 Å². The highest BCUT2D eigenvalue weighted by Crippen LogP contribution is 2.31. The minimum atomic E-state index is -0.146. The average Bonchev–Trinajstić information content (AvgIpc) is 3.09. The number of aromatic nitrogens is 2. The Hall–Kier alpha value is -2.11. The summed E-state index contributed by atoms with van der Waals surface area (Å²) in [6.45, 7) is 2.46. The number of amides is 1. The van der Waals surface area contributed by atoms with Crippen LogP contribution < -0.4 is 0 Å². The number of nitrogens with zero attached hydrogens (tertiary/aromatic N) is 3. The van der Waals surface area contributed by atoms with E-state index in [1.807, 2.05) is 0 Å². The van der Waals surface area contributed by atoms with Crippen LogP contribution in [0.4, 0.5) is 0 Å². The highest BCUT2D eigenvalue weighted by Gasteiger charge is 2.33. The summed E-state index contributed by atoms with van der Waals surface area (Å²) in [7, 11) is 0. The number of rotatable bonds is 2. The van der Waals surface area contributed by atoms with E-state index in [-0.39, 0.29) is 11.9 Å². The van der Waals surface area contributed by atoms with Crippen molar-refractivity contribution < 1.29 is 13.7 Å². The van der Waals surface area contributed by atoms with Crippen molar-refractivity contribution in [2.75, 3.05) is 6.54 Å². The molecule has 1 atom stereocenters. The van der Waals surface area contributed by atoms with Crippen molar-refractivity contribution >= 4 is 5.91 Å². The van der Waals surface area contributed by atoms with Gasteiger partial charge in [-0.25, -0.2) is 0 Å². The topological polar surface area (TPSA) is 72.4 Å². The van der Waals surface area contributed by atoms with Crippen molar-refractivity contribution in [1.29, 1.82) is 0 Å². The molecule has 1 saturated heterocycles. The van der Waals surface area contributed by atoms with Gasteiger partial charge in [-0.05, 0) is 38.3 Å². The minimum absolute atomic E-state index is 0.120.